The van der Waals surface area contributed by atoms with Crippen molar-refractivity contribution in [1.29, 1.82) is 0 Å². The summed E-state index contributed by atoms with van der Waals surface area (Å²) in [6.07, 6.45) is 9.08. The lowest BCUT2D eigenvalue weighted by atomic mass is 9.78. The Hall–Kier alpha value is -7.20. The van der Waals surface area contributed by atoms with Gasteiger partial charge in [0.25, 0.3) is 0 Å². The van der Waals surface area contributed by atoms with E-state index in [1.165, 1.54) is 103 Å². The van der Waals surface area contributed by atoms with Crippen molar-refractivity contribution in [3.63, 3.8) is 0 Å². The molecule has 0 unspecified atom stereocenters. The number of anilines is 3. The van der Waals surface area contributed by atoms with Gasteiger partial charge < -0.3 is 9.64 Å². The largest absolute Gasteiger partial charge is 0.456 e. The molecule has 2 heterocycles. The zero-order chi connectivity index (χ0) is 40.8. The van der Waals surface area contributed by atoms with Crippen LogP contribution in [-0.2, 0) is 11.8 Å². The molecule has 0 saturated heterocycles. The minimum Gasteiger partial charge on any atom is -0.456 e. The van der Waals surface area contributed by atoms with Crippen molar-refractivity contribution in [1.82, 2.24) is 0 Å². The third kappa shape index (κ3) is 4.64. The van der Waals surface area contributed by atoms with Crippen molar-refractivity contribution in [2.45, 2.75) is 32.1 Å². The molecule has 0 spiro atoms. The topological polar surface area (TPSA) is 12.5 Å². The van der Waals surface area contributed by atoms with Gasteiger partial charge in [-0.25, -0.2) is 0 Å². The SMILES string of the molecule is CC1(C)c2ccccc2-c2cc(N(c3ccc4c(c3)Oc3ccc(-c5cc6c7c8c(cccc58)CC=C7CC=C6)c5cccc-4c35)c3cccc4sc5ccccc5c34)ccc21. The van der Waals surface area contributed by atoms with E-state index in [1.54, 1.807) is 0 Å². The van der Waals surface area contributed by atoms with Gasteiger partial charge in [-0.05, 0) is 145 Å². The van der Waals surface area contributed by atoms with Gasteiger partial charge in [-0.2, -0.15) is 0 Å². The van der Waals surface area contributed by atoms with E-state index in [-0.39, 0.29) is 5.41 Å². The zero-order valence-corrected chi connectivity index (χ0v) is 35.2. The van der Waals surface area contributed by atoms with Gasteiger partial charge in [0.05, 0.1) is 5.69 Å². The first-order valence-electron chi connectivity index (χ1n) is 21.8. The Morgan fingerprint density at radius 1 is 0.516 bits per heavy atom. The fourth-order valence-corrected chi connectivity index (χ4v) is 12.6. The highest BCUT2D eigenvalue weighted by molar-refractivity contribution is 7.26. The molecule has 4 aliphatic rings. The van der Waals surface area contributed by atoms with Gasteiger partial charge in [0.15, 0.2) is 0 Å². The molecule has 1 aliphatic heterocycles. The zero-order valence-electron chi connectivity index (χ0n) is 34.4. The van der Waals surface area contributed by atoms with Crippen LogP contribution in [0.4, 0.5) is 17.1 Å². The summed E-state index contributed by atoms with van der Waals surface area (Å²) >= 11 is 1.86. The molecule has 14 rings (SSSR count). The lowest BCUT2D eigenvalue weighted by Crippen LogP contribution is -2.15. The summed E-state index contributed by atoms with van der Waals surface area (Å²) in [6.45, 7) is 4.70. The molecule has 0 bridgehead atoms. The van der Waals surface area contributed by atoms with E-state index in [0.717, 1.165) is 47.0 Å². The standard InChI is InChI=1S/C59H39NOS/c1-59(2)48-19-5-3-14-40(48)47-32-37(26-29-49(47)59)60(50-20-10-22-54-58(50)45-15-4-6-21-53(45)62-54)38-25-27-41-43-18-9-17-42-39(28-30-51(57(42)43)61-52(41)33-38)46-31-36-13-7-11-34-23-24-35-12-8-16-44(46)56(35)55(34)36/h3-10,12-23,25-33H,11,24H2,1-2H3. The van der Waals surface area contributed by atoms with Gasteiger partial charge in [-0.1, -0.05) is 129 Å². The molecular formula is C59H39NOS. The van der Waals surface area contributed by atoms with E-state index in [4.69, 9.17) is 4.74 Å². The normalized spacial score (nSPS) is 14.8. The van der Waals surface area contributed by atoms with Crippen molar-refractivity contribution in [3.8, 4) is 44.9 Å². The summed E-state index contributed by atoms with van der Waals surface area (Å²) < 4.78 is 9.64. The molecular weight excluding hydrogens is 771 g/mol. The number of hydrogen-bond donors (Lipinski definition) is 0. The lowest BCUT2D eigenvalue weighted by molar-refractivity contribution is 0.487. The molecule has 1 aromatic heterocycles. The Balaban J connectivity index is 0.958. The van der Waals surface area contributed by atoms with Crippen LogP contribution in [0.15, 0.2) is 170 Å². The Labute approximate surface area is 364 Å². The van der Waals surface area contributed by atoms with E-state index in [2.05, 4.69) is 195 Å². The molecule has 0 radical (unpaired) electrons. The highest BCUT2D eigenvalue weighted by Gasteiger charge is 2.36. The molecule has 0 fully saturated rings. The van der Waals surface area contributed by atoms with E-state index < -0.39 is 0 Å². The molecule has 62 heavy (non-hydrogen) atoms. The molecule has 0 saturated carbocycles. The number of benzene rings is 9. The van der Waals surface area contributed by atoms with E-state index in [0.29, 0.717) is 0 Å². The summed E-state index contributed by atoms with van der Waals surface area (Å²) in [5.41, 5.74) is 19.1. The monoisotopic (exact) mass is 809 g/mol. The number of fused-ring (bicyclic) bond motifs is 8. The van der Waals surface area contributed by atoms with Gasteiger partial charge in [0.1, 0.15) is 11.5 Å². The number of rotatable bonds is 4. The Bertz CT molecular complexity index is 3710. The van der Waals surface area contributed by atoms with Crippen LogP contribution in [0.3, 0.4) is 0 Å². The first-order chi connectivity index (χ1) is 30.5. The smallest absolute Gasteiger partial charge is 0.137 e. The van der Waals surface area contributed by atoms with Gasteiger partial charge in [-0.3, -0.25) is 0 Å². The predicted octanol–water partition coefficient (Wildman–Crippen LogP) is 16.9. The number of hydrogen-bond acceptors (Lipinski definition) is 3. The van der Waals surface area contributed by atoms with Crippen LogP contribution in [0, 0.1) is 0 Å². The average Bonchev–Trinajstić information content (AvgIpc) is 3.80. The van der Waals surface area contributed by atoms with E-state index in [9.17, 15) is 0 Å². The molecule has 0 N–H and O–H groups in total. The predicted molar refractivity (Wildman–Crippen MR) is 263 cm³/mol. The summed E-state index contributed by atoms with van der Waals surface area (Å²) in [5.74, 6) is 1.76. The second-order valence-corrected chi connectivity index (χ2v) is 19.0. The highest BCUT2D eigenvalue weighted by Crippen LogP contribution is 2.55. The van der Waals surface area contributed by atoms with Crippen LogP contribution in [-0.4, -0.2) is 0 Å². The van der Waals surface area contributed by atoms with E-state index in [1.807, 2.05) is 11.3 Å². The van der Waals surface area contributed by atoms with Crippen molar-refractivity contribution < 1.29 is 4.74 Å². The lowest BCUT2D eigenvalue weighted by Gasteiger charge is -2.30. The molecule has 0 amide bonds. The number of allylic oxidation sites excluding steroid dienone is 3. The highest BCUT2D eigenvalue weighted by atomic mass is 32.1. The molecule has 292 valence electrons. The molecule has 9 aromatic carbocycles. The van der Waals surface area contributed by atoms with Gasteiger partial charge in [0, 0.05) is 54.0 Å². The van der Waals surface area contributed by atoms with Gasteiger partial charge in [0.2, 0.25) is 0 Å². The van der Waals surface area contributed by atoms with Crippen LogP contribution < -0.4 is 9.64 Å². The summed E-state index contributed by atoms with van der Waals surface area (Å²) in [6, 6.07) is 59.0. The molecule has 0 atom stereocenters. The van der Waals surface area contributed by atoms with E-state index >= 15 is 0 Å². The minimum absolute atomic E-state index is 0.0746. The number of ether oxygens (including phenoxy) is 1. The number of nitrogens with zero attached hydrogens (tertiary/aromatic N) is 1. The van der Waals surface area contributed by atoms with Crippen LogP contribution >= 0.6 is 11.3 Å². The minimum atomic E-state index is -0.0746. The number of thiophene rings is 1. The van der Waals surface area contributed by atoms with Gasteiger partial charge >= 0.3 is 0 Å². The third-order valence-electron chi connectivity index (χ3n) is 14.3. The fraction of sp³-hybridized carbons (Fsp3) is 0.0847. The van der Waals surface area contributed by atoms with Gasteiger partial charge in [-0.15, -0.1) is 11.3 Å². The maximum Gasteiger partial charge on any atom is 0.137 e. The first-order valence-corrected chi connectivity index (χ1v) is 22.6. The van der Waals surface area contributed by atoms with Crippen molar-refractivity contribution >= 4 is 81.8 Å². The Morgan fingerprint density at radius 2 is 1.26 bits per heavy atom. The summed E-state index contributed by atoms with van der Waals surface area (Å²) in [7, 11) is 0. The summed E-state index contributed by atoms with van der Waals surface area (Å²) in [5, 5.41) is 7.68. The Morgan fingerprint density at radius 3 is 2.21 bits per heavy atom. The van der Waals surface area contributed by atoms with Crippen molar-refractivity contribution in [3.05, 3.63) is 198 Å². The second kappa shape index (κ2) is 12.4. The maximum absolute atomic E-state index is 7.07. The molecule has 2 nitrogen and oxygen atoms in total. The maximum atomic E-state index is 7.07. The van der Waals surface area contributed by atoms with Crippen LogP contribution in [0.5, 0.6) is 11.5 Å². The van der Waals surface area contributed by atoms with Crippen molar-refractivity contribution in [2.75, 3.05) is 4.90 Å². The Kier molecular flexibility index (Phi) is 6.92. The molecule has 10 aromatic rings. The fourth-order valence-electron chi connectivity index (χ4n) is 11.5. The molecule has 3 aliphatic carbocycles. The average molecular weight is 810 g/mol. The van der Waals surface area contributed by atoms with Crippen molar-refractivity contribution in [2.24, 2.45) is 0 Å². The quantitative estimate of drug-likeness (QED) is 0.176. The summed E-state index contributed by atoms with van der Waals surface area (Å²) in [4.78, 5) is 2.46. The van der Waals surface area contributed by atoms with Crippen LogP contribution in [0.25, 0.3) is 86.7 Å². The van der Waals surface area contributed by atoms with Crippen LogP contribution in [0.2, 0.25) is 0 Å². The third-order valence-corrected chi connectivity index (χ3v) is 15.4. The molecule has 3 heteroatoms. The first kappa shape index (κ1) is 34.5. The second-order valence-electron chi connectivity index (χ2n) is 17.9. The van der Waals surface area contributed by atoms with Crippen LogP contribution in [0.1, 0.15) is 48.1 Å².